The van der Waals surface area contributed by atoms with Gasteiger partial charge in [0, 0.05) is 28.0 Å². The molecule has 7 aromatic rings. The number of rotatable bonds is 5. The number of para-hydroxylation sites is 2. The van der Waals surface area contributed by atoms with Crippen LogP contribution in [0.3, 0.4) is 0 Å². The SMILES string of the molecule is C=C=C(N=C(N=C(C)c1ccccc1)c1cccc(-c2cccc(C#N)c2)c1)c1ccc2c(c1)C1(c3ccccc3Oc3ccccc31)c1ccccc1-2. The highest BCUT2D eigenvalue weighted by atomic mass is 16.5. The molecule has 7 aromatic carbocycles. The molecule has 0 saturated carbocycles. The third-order valence-corrected chi connectivity index (χ3v) is 10.4. The third kappa shape index (κ3) is 5.31. The van der Waals surface area contributed by atoms with Gasteiger partial charge in [-0.25, -0.2) is 9.98 Å². The van der Waals surface area contributed by atoms with Gasteiger partial charge >= 0.3 is 0 Å². The van der Waals surface area contributed by atoms with Gasteiger partial charge in [0.2, 0.25) is 0 Å². The van der Waals surface area contributed by atoms with Crippen LogP contribution in [0.1, 0.15) is 51.4 Å². The van der Waals surface area contributed by atoms with Crippen LogP contribution in [0.15, 0.2) is 192 Å². The van der Waals surface area contributed by atoms with Gasteiger partial charge in [-0.05, 0) is 82.3 Å². The van der Waals surface area contributed by atoms with Gasteiger partial charge in [0.1, 0.15) is 17.2 Å². The fraction of sp³-hybridized carbons (Fsp3) is 0.0400. The Bertz CT molecular complexity index is 2730. The van der Waals surface area contributed by atoms with Crippen molar-refractivity contribution in [1.29, 1.82) is 5.26 Å². The zero-order valence-corrected chi connectivity index (χ0v) is 29.6. The topological polar surface area (TPSA) is 57.7 Å². The fourth-order valence-electron chi connectivity index (χ4n) is 7.98. The molecule has 0 atom stereocenters. The van der Waals surface area contributed by atoms with E-state index in [2.05, 4.69) is 103 Å². The molecular weight excluding hydrogens is 659 g/mol. The summed E-state index contributed by atoms with van der Waals surface area (Å²) in [5, 5.41) is 9.57. The summed E-state index contributed by atoms with van der Waals surface area (Å²) in [5.74, 6) is 2.21. The lowest BCUT2D eigenvalue weighted by Gasteiger charge is -2.39. The Labute approximate surface area is 315 Å². The lowest BCUT2D eigenvalue weighted by molar-refractivity contribution is 0.436. The minimum absolute atomic E-state index is 0.529. The summed E-state index contributed by atoms with van der Waals surface area (Å²) < 4.78 is 6.54. The Hall–Kier alpha value is -7.31. The molecule has 0 amide bonds. The molecule has 9 rings (SSSR count). The van der Waals surface area contributed by atoms with E-state index < -0.39 is 5.41 Å². The van der Waals surface area contributed by atoms with E-state index in [0.29, 0.717) is 17.1 Å². The first-order valence-electron chi connectivity index (χ1n) is 17.9. The number of nitriles is 1. The maximum absolute atomic E-state index is 9.57. The first-order valence-corrected chi connectivity index (χ1v) is 17.9. The number of nitrogens with zero attached hydrogens (tertiary/aromatic N) is 3. The van der Waals surface area contributed by atoms with Crippen LogP contribution in [0.25, 0.3) is 28.0 Å². The van der Waals surface area contributed by atoms with Crippen molar-refractivity contribution in [1.82, 2.24) is 0 Å². The molecule has 1 spiro atoms. The number of benzene rings is 7. The van der Waals surface area contributed by atoms with Gasteiger partial charge in [0.05, 0.1) is 17.0 Å². The molecule has 2 aliphatic rings. The third-order valence-electron chi connectivity index (χ3n) is 10.4. The molecule has 0 unspecified atom stereocenters. The highest BCUT2D eigenvalue weighted by molar-refractivity contribution is 6.13. The summed E-state index contributed by atoms with van der Waals surface area (Å²) in [4.78, 5) is 10.4. The average Bonchev–Trinajstić information content (AvgIpc) is 3.52. The minimum atomic E-state index is -0.611. The molecule has 0 bridgehead atoms. The van der Waals surface area contributed by atoms with E-state index >= 15 is 0 Å². The second kappa shape index (κ2) is 13.3. The monoisotopic (exact) mass is 691 g/mol. The summed E-state index contributed by atoms with van der Waals surface area (Å²) in [6.45, 7) is 6.15. The van der Waals surface area contributed by atoms with E-state index in [-0.39, 0.29) is 0 Å². The van der Waals surface area contributed by atoms with Crippen LogP contribution in [0.2, 0.25) is 0 Å². The largest absolute Gasteiger partial charge is 0.457 e. The highest BCUT2D eigenvalue weighted by Gasteiger charge is 2.51. The first kappa shape index (κ1) is 32.6. The lowest BCUT2D eigenvalue weighted by atomic mass is 9.66. The van der Waals surface area contributed by atoms with Crippen LogP contribution in [0.5, 0.6) is 11.5 Å². The van der Waals surface area contributed by atoms with Crippen molar-refractivity contribution in [3.63, 3.8) is 0 Å². The summed E-state index contributed by atoms with van der Waals surface area (Å²) in [6, 6.07) is 60.1. The Morgan fingerprint density at radius 3 is 1.89 bits per heavy atom. The zero-order chi connectivity index (χ0) is 36.6. The van der Waals surface area contributed by atoms with Gasteiger partial charge in [-0.3, -0.25) is 0 Å². The quantitative estimate of drug-likeness (QED) is 0.102. The predicted octanol–water partition coefficient (Wildman–Crippen LogP) is 11.8. The van der Waals surface area contributed by atoms with Crippen molar-refractivity contribution in [3.8, 4) is 39.8 Å². The van der Waals surface area contributed by atoms with Crippen LogP contribution < -0.4 is 4.74 Å². The Morgan fingerprint density at radius 2 is 1.17 bits per heavy atom. The highest BCUT2D eigenvalue weighted by Crippen LogP contribution is 2.62. The summed E-state index contributed by atoms with van der Waals surface area (Å²) in [7, 11) is 0. The molecule has 0 fully saturated rings. The molecule has 4 nitrogen and oxygen atoms in total. The van der Waals surface area contributed by atoms with Crippen molar-refractivity contribution in [2.75, 3.05) is 0 Å². The van der Waals surface area contributed by atoms with Crippen LogP contribution >= 0.6 is 0 Å². The van der Waals surface area contributed by atoms with Crippen molar-refractivity contribution >= 4 is 17.2 Å². The first-order chi connectivity index (χ1) is 26.6. The Balaban J connectivity index is 1.24. The molecular formula is C50H33N3O. The van der Waals surface area contributed by atoms with E-state index in [1.807, 2.05) is 91.9 Å². The zero-order valence-electron chi connectivity index (χ0n) is 29.6. The predicted molar refractivity (Wildman–Crippen MR) is 218 cm³/mol. The fourth-order valence-corrected chi connectivity index (χ4v) is 7.98. The van der Waals surface area contributed by atoms with Gasteiger partial charge in [-0.1, -0.05) is 140 Å². The molecule has 1 aliphatic carbocycles. The maximum atomic E-state index is 9.57. The normalized spacial score (nSPS) is 13.4. The van der Waals surface area contributed by atoms with Gasteiger partial charge < -0.3 is 4.74 Å². The van der Waals surface area contributed by atoms with E-state index in [4.69, 9.17) is 14.7 Å². The van der Waals surface area contributed by atoms with E-state index in [0.717, 1.165) is 61.7 Å². The molecule has 0 saturated heterocycles. The van der Waals surface area contributed by atoms with Gasteiger partial charge in [0.15, 0.2) is 5.84 Å². The lowest BCUT2D eigenvalue weighted by Crippen LogP contribution is -2.32. The van der Waals surface area contributed by atoms with Crippen LogP contribution in [0, 0.1) is 11.3 Å². The molecule has 254 valence electrons. The molecule has 0 aromatic heterocycles. The molecule has 54 heavy (non-hydrogen) atoms. The van der Waals surface area contributed by atoms with Crippen molar-refractivity contribution in [3.05, 3.63) is 227 Å². The van der Waals surface area contributed by atoms with Crippen molar-refractivity contribution < 1.29 is 4.74 Å². The maximum Gasteiger partial charge on any atom is 0.160 e. The number of amidine groups is 1. The molecule has 1 aliphatic heterocycles. The minimum Gasteiger partial charge on any atom is -0.457 e. The summed E-state index contributed by atoms with van der Waals surface area (Å²) in [5.41, 5.74) is 16.1. The Kier molecular flexibility index (Phi) is 8.05. The van der Waals surface area contributed by atoms with Gasteiger partial charge in [-0.2, -0.15) is 5.26 Å². The number of hydrogen-bond donors (Lipinski definition) is 0. The van der Waals surface area contributed by atoms with Crippen LogP contribution in [-0.2, 0) is 5.41 Å². The smallest absolute Gasteiger partial charge is 0.160 e. The second-order valence-electron chi connectivity index (χ2n) is 13.4. The van der Waals surface area contributed by atoms with Gasteiger partial charge in [-0.15, -0.1) is 5.73 Å². The summed E-state index contributed by atoms with van der Waals surface area (Å²) in [6.07, 6.45) is 0. The molecule has 1 heterocycles. The van der Waals surface area contributed by atoms with E-state index in [1.165, 1.54) is 16.7 Å². The number of fused-ring (bicyclic) bond motifs is 9. The van der Waals surface area contributed by atoms with E-state index in [9.17, 15) is 5.26 Å². The van der Waals surface area contributed by atoms with Crippen molar-refractivity contribution in [2.24, 2.45) is 9.98 Å². The average molecular weight is 692 g/mol. The molecule has 0 N–H and O–H groups in total. The number of aliphatic imine (C=N–C) groups is 2. The standard InChI is InChI=1S/C50H33N3O/c1-3-46(53-49(52-33(2)35-16-5-4-6-17-35)39-20-14-19-37(30-39)36-18-13-15-34(29-36)32-51)38-27-28-41-40-21-7-8-22-42(40)50(45(41)31-38)43-23-9-11-25-47(43)54-48-26-12-10-24-44(48)50/h4-31H,1H2,2H3. The van der Waals surface area contributed by atoms with Crippen LogP contribution in [0.4, 0.5) is 0 Å². The summed E-state index contributed by atoms with van der Waals surface area (Å²) >= 11 is 0. The van der Waals surface area contributed by atoms with E-state index in [1.54, 1.807) is 0 Å². The number of hydrogen-bond acceptors (Lipinski definition) is 3. The number of ether oxygens (including phenoxy) is 1. The second-order valence-corrected chi connectivity index (χ2v) is 13.4. The molecule has 0 radical (unpaired) electrons. The van der Waals surface area contributed by atoms with Crippen LogP contribution in [-0.4, -0.2) is 11.5 Å². The van der Waals surface area contributed by atoms with Gasteiger partial charge in [0.25, 0.3) is 0 Å². The Morgan fingerprint density at radius 1 is 0.556 bits per heavy atom. The molecule has 4 heteroatoms. The van der Waals surface area contributed by atoms with Crippen molar-refractivity contribution in [2.45, 2.75) is 12.3 Å².